The smallest absolute Gasteiger partial charge is 0.164 e. The normalized spacial score (nSPS) is 11.7. The third kappa shape index (κ3) is 5.80. The molecule has 8 aromatic carbocycles. The van der Waals surface area contributed by atoms with E-state index in [1.165, 1.54) is 62.4 Å². The van der Waals surface area contributed by atoms with Crippen molar-refractivity contribution < 1.29 is 0 Å². The van der Waals surface area contributed by atoms with Gasteiger partial charge in [-0.15, -0.1) is 22.7 Å². The van der Waals surface area contributed by atoms with Crippen molar-refractivity contribution in [3.8, 4) is 67.7 Å². The number of hydrogen-bond donors (Lipinski definition) is 0. The van der Waals surface area contributed by atoms with E-state index in [9.17, 15) is 0 Å². The highest BCUT2D eigenvalue weighted by Gasteiger charge is 2.21. The van der Waals surface area contributed by atoms with Gasteiger partial charge in [0.15, 0.2) is 17.5 Å². The van der Waals surface area contributed by atoms with E-state index in [0.717, 1.165) is 39.0 Å². The Bertz CT molecular complexity index is 3580. The molecule has 4 aromatic heterocycles. The second-order valence-electron chi connectivity index (χ2n) is 14.9. The fourth-order valence-electron chi connectivity index (χ4n) is 8.47. The van der Waals surface area contributed by atoms with Gasteiger partial charge in [-0.3, -0.25) is 0 Å². The predicted molar refractivity (Wildman–Crippen MR) is 254 cm³/mol. The van der Waals surface area contributed by atoms with Crippen molar-refractivity contribution in [3.63, 3.8) is 0 Å². The summed E-state index contributed by atoms with van der Waals surface area (Å²) in [7, 11) is 0. The van der Waals surface area contributed by atoms with E-state index in [-0.39, 0.29) is 0 Å². The first-order chi connectivity index (χ1) is 29.7. The van der Waals surface area contributed by atoms with Crippen LogP contribution in [-0.2, 0) is 0 Å². The SMILES string of the molecule is c1ccc(-c2ccc(-c3nc(-c4ccccc4)nc(-c4ccc(-c5nc6cccc(-c7cccc8c7sc7ccccc78)c6c6sc7ccccc7c56)cc4)n3)cc2)cc1. The first kappa shape index (κ1) is 34.6. The zero-order valence-corrected chi connectivity index (χ0v) is 33.7. The van der Waals surface area contributed by atoms with Crippen molar-refractivity contribution in [2.24, 2.45) is 0 Å². The molecule has 0 saturated heterocycles. The van der Waals surface area contributed by atoms with Gasteiger partial charge in [-0.05, 0) is 34.9 Å². The van der Waals surface area contributed by atoms with Crippen LogP contribution in [-0.4, -0.2) is 19.9 Å². The Balaban J connectivity index is 0.998. The molecule has 0 atom stereocenters. The van der Waals surface area contributed by atoms with Gasteiger partial charge in [-0.2, -0.15) is 0 Å². The fraction of sp³-hybridized carbons (Fsp3) is 0. The van der Waals surface area contributed by atoms with Crippen molar-refractivity contribution in [3.05, 3.63) is 194 Å². The molecule has 12 aromatic rings. The molecule has 0 aliphatic heterocycles. The Morgan fingerprint density at radius 1 is 0.283 bits per heavy atom. The zero-order chi connectivity index (χ0) is 39.6. The van der Waals surface area contributed by atoms with Crippen molar-refractivity contribution >= 4 is 73.9 Å². The molecule has 0 N–H and O–H groups in total. The summed E-state index contributed by atoms with van der Waals surface area (Å²) in [6.45, 7) is 0. The summed E-state index contributed by atoms with van der Waals surface area (Å²) in [4.78, 5) is 20.6. The van der Waals surface area contributed by atoms with Gasteiger partial charge < -0.3 is 0 Å². The van der Waals surface area contributed by atoms with E-state index in [0.29, 0.717) is 17.5 Å². The highest BCUT2D eigenvalue weighted by Crippen LogP contribution is 2.48. The van der Waals surface area contributed by atoms with Crippen LogP contribution in [0.1, 0.15) is 0 Å². The minimum Gasteiger partial charge on any atom is -0.247 e. The average molecular weight is 801 g/mol. The lowest BCUT2D eigenvalue weighted by atomic mass is 9.96. The Kier molecular flexibility index (Phi) is 8.18. The summed E-state index contributed by atoms with van der Waals surface area (Å²) in [5, 5.41) is 6.19. The lowest BCUT2D eigenvalue weighted by Crippen LogP contribution is -2.00. The molecule has 6 heteroatoms. The minimum atomic E-state index is 0.621. The number of benzene rings is 8. The summed E-state index contributed by atoms with van der Waals surface area (Å²) >= 11 is 3.72. The zero-order valence-electron chi connectivity index (χ0n) is 32.1. The standard InChI is InChI=1S/C54H32N4S2/c1-3-13-33(14-4-1)34-25-29-37(30-26-34)53-56-52(36-15-5-2-6-16-36)57-54(58-53)38-31-27-35(28-32-38)49-48-43-18-8-10-24-46(43)60-51(48)47-40(19-12-22-44(47)55-49)42-21-11-20-41-39-17-7-9-23-45(39)59-50(41)42/h1-32H. The van der Waals surface area contributed by atoms with Gasteiger partial charge in [0.2, 0.25) is 0 Å². The number of nitrogens with zero attached hydrogens (tertiary/aromatic N) is 4. The number of pyridine rings is 1. The Morgan fingerprint density at radius 2 is 0.750 bits per heavy atom. The monoisotopic (exact) mass is 800 g/mol. The molecule has 4 nitrogen and oxygen atoms in total. The van der Waals surface area contributed by atoms with Crippen LogP contribution in [0, 0.1) is 0 Å². The fourth-order valence-corrected chi connectivity index (χ4v) is 11.0. The van der Waals surface area contributed by atoms with E-state index >= 15 is 0 Å². The maximum Gasteiger partial charge on any atom is 0.164 e. The van der Waals surface area contributed by atoms with Crippen molar-refractivity contribution in [1.82, 2.24) is 19.9 Å². The third-order valence-electron chi connectivity index (χ3n) is 11.4. The van der Waals surface area contributed by atoms with E-state index in [1.54, 1.807) is 0 Å². The molecule has 280 valence electrons. The Morgan fingerprint density at radius 3 is 1.43 bits per heavy atom. The van der Waals surface area contributed by atoms with Crippen molar-refractivity contribution in [2.75, 3.05) is 0 Å². The summed E-state index contributed by atoms with van der Waals surface area (Å²) in [6.07, 6.45) is 0. The lowest BCUT2D eigenvalue weighted by molar-refractivity contribution is 1.07. The lowest BCUT2D eigenvalue weighted by Gasteiger charge is -2.13. The molecule has 0 spiro atoms. The average Bonchev–Trinajstić information content (AvgIpc) is 3.91. The van der Waals surface area contributed by atoms with Crippen LogP contribution in [0.5, 0.6) is 0 Å². The highest BCUT2D eigenvalue weighted by atomic mass is 32.1. The molecule has 0 aliphatic rings. The van der Waals surface area contributed by atoms with E-state index in [2.05, 4.69) is 158 Å². The number of hydrogen-bond acceptors (Lipinski definition) is 6. The van der Waals surface area contributed by atoms with Gasteiger partial charge in [0.05, 0.1) is 11.2 Å². The summed E-state index contributed by atoms with van der Waals surface area (Å²) in [5.41, 5.74) is 10.6. The largest absolute Gasteiger partial charge is 0.247 e. The molecule has 0 unspecified atom stereocenters. The highest BCUT2D eigenvalue weighted by molar-refractivity contribution is 7.27. The summed E-state index contributed by atoms with van der Waals surface area (Å²) in [5.74, 6) is 1.89. The number of fused-ring (bicyclic) bond motifs is 8. The van der Waals surface area contributed by atoms with Crippen LogP contribution in [0.25, 0.3) is 119 Å². The van der Waals surface area contributed by atoms with Crippen LogP contribution >= 0.6 is 22.7 Å². The van der Waals surface area contributed by atoms with Crippen LogP contribution in [0.3, 0.4) is 0 Å². The van der Waals surface area contributed by atoms with Gasteiger partial charge in [0.25, 0.3) is 0 Å². The minimum absolute atomic E-state index is 0.621. The Hall–Kier alpha value is -7.38. The van der Waals surface area contributed by atoms with E-state index in [4.69, 9.17) is 19.9 Å². The van der Waals surface area contributed by atoms with Gasteiger partial charge >= 0.3 is 0 Å². The van der Waals surface area contributed by atoms with Crippen LogP contribution in [0.2, 0.25) is 0 Å². The molecule has 0 bridgehead atoms. The maximum atomic E-state index is 5.51. The molecule has 0 radical (unpaired) electrons. The molecular weight excluding hydrogens is 769 g/mol. The van der Waals surface area contributed by atoms with Crippen LogP contribution in [0.15, 0.2) is 194 Å². The maximum absolute atomic E-state index is 5.51. The third-order valence-corrected chi connectivity index (χ3v) is 13.8. The van der Waals surface area contributed by atoms with Gasteiger partial charge in [0.1, 0.15) is 0 Å². The van der Waals surface area contributed by atoms with Crippen molar-refractivity contribution in [1.29, 1.82) is 0 Å². The number of rotatable bonds is 6. The summed E-state index contributed by atoms with van der Waals surface area (Å²) in [6, 6.07) is 68.3. The summed E-state index contributed by atoms with van der Waals surface area (Å²) < 4.78 is 5.11. The first-order valence-corrected chi connectivity index (χ1v) is 21.6. The van der Waals surface area contributed by atoms with Crippen LogP contribution < -0.4 is 0 Å². The Labute approximate surface area is 353 Å². The first-order valence-electron chi connectivity index (χ1n) is 20.0. The van der Waals surface area contributed by atoms with Gasteiger partial charge in [0, 0.05) is 73.5 Å². The second-order valence-corrected chi connectivity index (χ2v) is 17.0. The molecule has 0 fully saturated rings. The van der Waals surface area contributed by atoms with Gasteiger partial charge in [-0.25, -0.2) is 19.9 Å². The van der Waals surface area contributed by atoms with E-state index in [1.807, 2.05) is 59.1 Å². The topological polar surface area (TPSA) is 51.6 Å². The molecule has 4 heterocycles. The number of aromatic nitrogens is 4. The predicted octanol–water partition coefficient (Wildman–Crippen LogP) is 15.2. The number of thiophene rings is 2. The quantitative estimate of drug-likeness (QED) is 0.168. The molecule has 0 saturated carbocycles. The molecule has 60 heavy (non-hydrogen) atoms. The van der Waals surface area contributed by atoms with Crippen LogP contribution in [0.4, 0.5) is 0 Å². The molecule has 0 aliphatic carbocycles. The second kappa shape index (κ2) is 14.2. The molecular formula is C54H32N4S2. The van der Waals surface area contributed by atoms with E-state index < -0.39 is 0 Å². The molecule has 12 rings (SSSR count). The van der Waals surface area contributed by atoms with Crippen molar-refractivity contribution in [2.45, 2.75) is 0 Å². The van der Waals surface area contributed by atoms with Gasteiger partial charge in [-0.1, -0.05) is 176 Å². The molecule has 0 amide bonds.